The Balaban J connectivity index is 1.69. The van der Waals surface area contributed by atoms with Crippen LogP contribution >= 0.6 is 11.3 Å². The van der Waals surface area contributed by atoms with Crippen molar-refractivity contribution in [2.45, 2.75) is 19.4 Å². The van der Waals surface area contributed by atoms with Crippen LogP contribution in [-0.4, -0.2) is 5.91 Å². The standard InChI is InChI=1S/C18H19NOS/c1-13-12-16(13)18(14-6-3-2-4-7-14)19-17(20)10-9-15-8-5-11-21-15/h2-11,13,16,18H,12H2,1H3,(H,19,20)/b10-9+. The molecule has 1 aliphatic rings. The summed E-state index contributed by atoms with van der Waals surface area (Å²) in [6.07, 6.45) is 4.70. The first kappa shape index (κ1) is 14.1. The molecule has 2 aromatic rings. The minimum atomic E-state index is -0.0173. The van der Waals surface area contributed by atoms with Gasteiger partial charge in [0.05, 0.1) is 6.04 Å². The van der Waals surface area contributed by atoms with Gasteiger partial charge in [0.15, 0.2) is 0 Å². The second-order valence-electron chi connectivity index (χ2n) is 5.62. The van der Waals surface area contributed by atoms with Gasteiger partial charge < -0.3 is 5.32 Å². The Labute approximate surface area is 129 Å². The van der Waals surface area contributed by atoms with E-state index in [1.54, 1.807) is 17.4 Å². The molecule has 2 nitrogen and oxygen atoms in total. The predicted octanol–water partition coefficient (Wildman–Crippen LogP) is 4.27. The van der Waals surface area contributed by atoms with Gasteiger partial charge >= 0.3 is 0 Å². The highest BCUT2D eigenvalue weighted by Gasteiger charge is 2.40. The van der Waals surface area contributed by atoms with Gasteiger partial charge in [-0.15, -0.1) is 11.3 Å². The van der Waals surface area contributed by atoms with E-state index in [4.69, 9.17) is 0 Å². The van der Waals surface area contributed by atoms with Crippen molar-refractivity contribution >= 4 is 23.3 Å². The third-order valence-electron chi connectivity index (χ3n) is 4.00. The summed E-state index contributed by atoms with van der Waals surface area (Å²) in [5, 5.41) is 5.18. The first-order chi connectivity index (χ1) is 10.2. The number of carbonyl (C=O) groups is 1. The van der Waals surface area contributed by atoms with E-state index in [0.717, 1.165) is 4.88 Å². The molecular formula is C18H19NOS. The molecule has 1 fully saturated rings. The Hall–Kier alpha value is -1.87. The third kappa shape index (κ3) is 3.61. The molecule has 0 saturated heterocycles. The van der Waals surface area contributed by atoms with Gasteiger partial charge in [-0.1, -0.05) is 43.3 Å². The highest BCUT2D eigenvalue weighted by Crippen LogP contribution is 2.46. The summed E-state index contributed by atoms with van der Waals surface area (Å²) in [6, 6.07) is 14.4. The fourth-order valence-corrected chi connectivity index (χ4v) is 3.28. The van der Waals surface area contributed by atoms with Crippen LogP contribution in [0.25, 0.3) is 6.08 Å². The summed E-state index contributed by atoms with van der Waals surface area (Å²) in [5.74, 6) is 1.24. The Morgan fingerprint density at radius 2 is 2.05 bits per heavy atom. The normalized spacial score (nSPS) is 22.1. The first-order valence-corrected chi connectivity index (χ1v) is 8.19. The number of nitrogens with one attached hydrogen (secondary N) is 1. The van der Waals surface area contributed by atoms with Crippen LogP contribution in [-0.2, 0) is 4.79 Å². The Morgan fingerprint density at radius 1 is 1.29 bits per heavy atom. The zero-order chi connectivity index (χ0) is 14.7. The molecule has 21 heavy (non-hydrogen) atoms. The molecule has 1 heterocycles. The fraction of sp³-hybridized carbons (Fsp3) is 0.278. The molecule has 0 spiro atoms. The maximum atomic E-state index is 12.2. The van der Waals surface area contributed by atoms with Crippen molar-refractivity contribution in [3.8, 4) is 0 Å². The minimum absolute atomic E-state index is 0.0173. The van der Waals surface area contributed by atoms with E-state index < -0.39 is 0 Å². The van der Waals surface area contributed by atoms with Crippen LogP contribution in [0.15, 0.2) is 53.9 Å². The van der Waals surface area contributed by atoms with Crippen molar-refractivity contribution in [3.05, 3.63) is 64.4 Å². The van der Waals surface area contributed by atoms with E-state index in [9.17, 15) is 4.79 Å². The number of thiophene rings is 1. The second-order valence-corrected chi connectivity index (χ2v) is 6.60. The smallest absolute Gasteiger partial charge is 0.244 e. The van der Waals surface area contributed by atoms with Crippen LogP contribution in [0, 0.1) is 11.8 Å². The number of carbonyl (C=O) groups excluding carboxylic acids is 1. The zero-order valence-corrected chi connectivity index (χ0v) is 12.8. The fourth-order valence-electron chi connectivity index (χ4n) is 2.66. The molecule has 0 bridgehead atoms. The monoisotopic (exact) mass is 297 g/mol. The summed E-state index contributed by atoms with van der Waals surface area (Å²) in [6.45, 7) is 2.24. The van der Waals surface area contributed by atoms with Crippen LogP contribution in [0.2, 0.25) is 0 Å². The molecule has 1 aromatic heterocycles. The van der Waals surface area contributed by atoms with E-state index in [0.29, 0.717) is 11.8 Å². The van der Waals surface area contributed by atoms with Gasteiger partial charge in [-0.25, -0.2) is 0 Å². The molecule has 0 radical (unpaired) electrons. The van der Waals surface area contributed by atoms with Crippen LogP contribution in [0.3, 0.4) is 0 Å². The van der Waals surface area contributed by atoms with E-state index in [1.165, 1.54) is 12.0 Å². The van der Waals surface area contributed by atoms with Crippen LogP contribution < -0.4 is 5.32 Å². The molecule has 0 aliphatic heterocycles. The molecule has 108 valence electrons. The first-order valence-electron chi connectivity index (χ1n) is 7.31. The molecule has 1 amide bonds. The molecule has 3 rings (SSSR count). The summed E-state index contributed by atoms with van der Waals surface area (Å²) < 4.78 is 0. The summed E-state index contributed by atoms with van der Waals surface area (Å²) in [7, 11) is 0. The summed E-state index contributed by atoms with van der Waals surface area (Å²) in [4.78, 5) is 13.3. The number of rotatable bonds is 5. The minimum Gasteiger partial charge on any atom is -0.345 e. The van der Waals surface area contributed by atoms with E-state index in [-0.39, 0.29) is 11.9 Å². The van der Waals surface area contributed by atoms with Crippen molar-refractivity contribution in [2.24, 2.45) is 11.8 Å². The van der Waals surface area contributed by atoms with Crippen LogP contribution in [0.4, 0.5) is 0 Å². The maximum Gasteiger partial charge on any atom is 0.244 e. The van der Waals surface area contributed by atoms with Gasteiger partial charge in [0, 0.05) is 11.0 Å². The molecule has 1 saturated carbocycles. The summed E-state index contributed by atoms with van der Waals surface area (Å²) in [5.41, 5.74) is 1.20. The number of benzene rings is 1. The van der Waals surface area contributed by atoms with Gasteiger partial charge in [-0.3, -0.25) is 4.79 Å². The largest absolute Gasteiger partial charge is 0.345 e. The lowest BCUT2D eigenvalue weighted by Crippen LogP contribution is -2.28. The molecule has 1 aromatic carbocycles. The number of hydrogen-bond donors (Lipinski definition) is 1. The van der Waals surface area contributed by atoms with Crippen molar-refractivity contribution in [1.82, 2.24) is 5.32 Å². The maximum absolute atomic E-state index is 12.2. The lowest BCUT2D eigenvalue weighted by atomic mass is 10.0. The average molecular weight is 297 g/mol. The Bertz CT molecular complexity index is 618. The van der Waals surface area contributed by atoms with Crippen molar-refractivity contribution in [3.63, 3.8) is 0 Å². The van der Waals surface area contributed by atoms with E-state index in [2.05, 4.69) is 24.4 Å². The second kappa shape index (κ2) is 6.27. The van der Waals surface area contributed by atoms with Crippen LogP contribution in [0.1, 0.15) is 29.8 Å². The highest BCUT2D eigenvalue weighted by molar-refractivity contribution is 7.10. The van der Waals surface area contributed by atoms with Crippen LogP contribution in [0.5, 0.6) is 0 Å². The SMILES string of the molecule is CC1CC1C(NC(=O)/C=C/c1cccs1)c1ccccc1. The van der Waals surface area contributed by atoms with Crippen molar-refractivity contribution < 1.29 is 4.79 Å². The summed E-state index contributed by atoms with van der Waals surface area (Å²) >= 11 is 1.63. The molecule has 1 aliphatic carbocycles. The molecule has 1 N–H and O–H groups in total. The lowest BCUT2D eigenvalue weighted by Gasteiger charge is -2.18. The Morgan fingerprint density at radius 3 is 2.67 bits per heavy atom. The van der Waals surface area contributed by atoms with Gasteiger partial charge in [0.25, 0.3) is 0 Å². The van der Waals surface area contributed by atoms with Gasteiger partial charge in [-0.05, 0) is 41.3 Å². The molecule has 3 atom stereocenters. The van der Waals surface area contributed by atoms with E-state index >= 15 is 0 Å². The lowest BCUT2D eigenvalue weighted by molar-refractivity contribution is -0.117. The van der Waals surface area contributed by atoms with Gasteiger partial charge in [-0.2, -0.15) is 0 Å². The van der Waals surface area contributed by atoms with Gasteiger partial charge in [0.2, 0.25) is 5.91 Å². The number of amides is 1. The quantitative estimate of drug-likeness (QED) is 0.820. The topological polar surface area (TPSA) is 29.1 Å². The zero-order valence-electron chi connectivity index (χ0n) is 12.0. The van der Waals surface area contributed by atoms with Crippen molar-refractivity contribution in [2.75, 3.05) is 0 Å². The third-order valence-corrected chi connectivity index (χ3v) is 4.84. The number of hydrogen-bond acceptors (Lipinski definition) is 2. The van der Waals surface area contributed by atoms with E-state index in [1.807, 2.05) is 41.8 Å². The molecule has 3 unspecified atom stereocenters. The molecule has 3 heteroatoms. The molecular weight excluding hydrogens is 278 g/mol. The highest BCUT2D eigenvalue weighted by atomic mass is 32.1. The average Bonchev–Trinajstić information content (AvgIpc) is 3.02. The predicted molar refractivity (Wildman–Crippen MR) is 87.9 cm³/mol. The Kier molecular flexibility index (Phi) is 4.20. The van der Waals surface area contributed by atoms with Gasteiger partial charge in [0.1, 0.15) is 0 Å². The van der Waals surface area contributed by atoms with Crippen molar-refractivity contribution in [1.29, 1.82) is 0 Å².